The van der Waals surface area contributed by atoms with E-state index in [0.29, 0.717) is 5.75 Å². The van der Waals surface area contributed by atoms with E-state index in [1.165, 1.54) is 0 Å². The lowest BCUT2D eigenvalue weighted by atomic mass is 10.3. The van der Waals surface area contributed by atoms with Crippen LogP contribution in [0.3, 0.4) is 0 Å². The SMILES string of the molecule is NC1=CN=C(Oc2ccccc2)S1(=O)=O. The van der Waals surface area contributed by atoms with E-state index < -0.39 is 9.84 Å². The van der Waals surface area contributed by atoms with Crippen molar-refractivity contribution in [1.82, 2.24) is 0 Å². The molecule has 5 nitrogen and oxygen atoms in total. The molecule has 2 rings (SSSR count). The molecule has 0 aliphatic carbocycles. The van der Waals surface area contributed by atoms with Crippen molar-refractivity contribution in [3.05, 3.63) is 41.6 Å². The molecule has 0 saturated heterocycles. The Morgan fingerprint density at radius 2 is 1.87 bits per heavy atom. The number of rotatable bonds is 1. The number of benzene rings is 1. The van der Waals surface area contributed by atoms with Crippen LogP contribution in [0.5, 0.6) is 5.75 Å². The molecule has 0 bridgehead atoms. The van der Waals surface area contributed by atoms with Crippen LogP contribution >= 0.6 is 0 Å². The Bertz CT molecular complexity index is 532. The third-order valence-electron chi connectivity index (χ3n) is 1.79. The fourth-order valence-electron chi connectivity index (χ4n) is 1.03. The standard InChI is InChI=1S/C9H8N2O3S/c10-8-6-11-9(15(8,12)13)14-7-4-2-1-3-5-7/h1-6H,10H2. The molecular weight excluding hydrogens is 216 g/mol. The number of aliphatic imine (C=N–C) groups is 1. The Kier molecular flexibility index (Phi) is 2.20. The van der Waals surface area contributed by atoms with E-state index in [0.717, 1.165) is 6.20 Å². The Morgan fingerprint density at radius 1 is 1.20 bits per heavy atom. The van der Waals surface area contributed by atoms with Gasteiger partial charge in [-0.3, -0.25) is 0 Å². The van der Waals surface area contributed by atoms with Crippen molar-refractivity contribution in [2.45, 2.75) is 0 Å². The molecule has 2 N–H and O–H groups in total. The number of ether oxygens (including phenoxy) is 1. The summed E-state index contributed by atoms with van der Waals surface area (Å²) in [4.78, 5) is 3.58. The van der Waals surface area contributed by atoms with Crippen LogP contribution in [0, 0.1) is 0 Å². The van der Waals surface area contributed by atoms with E-state index in [9.17, 15) is 8.42 Å². The predicted molar refractivity (Wildman–Crippen MR) is 55.7 cm³/mol. The molecule has 15 heavy (non-hydrogen) atoms. The maximum atomic E-state index is 11.4. The van der Waals surface area contributed by atoms with Gasteiger partial charge in [0.2, 0.25) is 0 Å². The highest BCUT2D eigenvalue weighted by molar-refractivity contribution is 8.09. The van der Waals surface area contributed by atoms with Crippen molar-refractivity contribution in [3.8, 4) is 5.75 Å². The smallest absolute Gasteiger partial charge is 0.321 e. The Hall–Kier alpha value is -1.82. The average Bonchev–Trinajstić information content (AvgIpc) is 2.47. The Labute approximate surface area is 86.8 Å². The van der Waals surface area contributed by atoms with E-state index in [2.05, 4.69) is 4.99 Å². The quantitative estimate of drug-likeness (QED) is 0.757. The highest BCUT2D eigenvalue weighted by Gasteiger charge is 2.29. The Morgan fingerprint density at radius 3 is 2.40 bits per heavy atom. The summed E-state index contributed by atoms with van der Waals surface area (Å²) < 4.78 is 28.0. The third kappa shape index (κ3) is 1.71. The Balaban J connectivity index is 2.25. The molecule has 1 aliphatic rings. The second-order valence-electron chi connectivity index (χ2n) is 2.85. The number of nitrogens with two attached hydrogens (primary N) is 1. The first-order valence-electron chi connectivity index (χ1n) is 4.12. The third-order valence-corrected chi connectivity index (χ3v) is 3.16. The number of hydrogen-bond acceptors (Lipinski definition) is 5. The van der Waals surface area contributed by atoms with Gasteiger partial charge in [-0.15, -0.1) is 0 Å². The van der Waals surface area contributed by atoms with Crippen LogP contribution in [0.2, 0.25) is 0 Å². The number of sulfone groups is 1. The first kappa shape index (κ1) is 9.72. The van der Waals surface area contributed by atoms with E-state index in [4.69, 9.17) is 10.5 Å². The van der Waals surface area contributed by atoms with E-state index in [-0.39, 0.29) is 10.3 Å². The maximum absolute atomic E-state index is 11.4. The van der Waals surface area contributed by atoms with Gasteiger partial charge in [-0.25, -0.2) is 13.4 Å². The van der Waals surface area contributed by atoms with Gasteiger partial charge in [-0.1, -0.05) is 18.2 Å². The molecule has 0 spiro atoms. The van der Waals surface area contributed by atoms with Crippen LogP contribution in [0.25, 0.3) is 0 Å². The van der Waals surface area contributed by atoms with Crippen molar-refractivity contribution in [3.63, 3.8) is 0 Å². The number of para-hydroxylation sites is 1. The van der Waals surface area contributed by atoms with Gasteiger partial charge in [0.15, 0.2) is 5.03 Å². The minimum Gasteiger partial charge on any atom is -0.430 e. The zero-order chi connectivity index (χ0) is 10.9. The van der Waals surface area contributed by atoms with Gasteiger partial charge in [0, 0.05) is 0 Å². The summed E-state index contributed by atoms with van der Waals surface area (Å²) in [5.41, 5.74) is 5.24. The van der Waals surface area contributed by atoms with Gasteiger partial charge < -0.3 is 10.5 Å². The number of nitrogens with zero attached hydrogens (tertiary/aromatic N) is 1. The van der Waals surface area contributed by atoms with Crippen LogP contribution in [0.15, 0.2) is 46.6 Å². The van der Waals surface area contributed by atoms with E-state index >= 15 is 0 Å². The zero-order valence-corrected chi connectivity index (χ0v) is 8.44. The van der Waals surface area contributed by atoms with Gasteiger partial charge in [0.1, 0.15) is 5.75 Å². The van der Waals surface area contributed by atoms with Crippen LogP contribution in [0.4, 0.5) is 0 Å². The summed E-state index contributed by atoms with van der Waals surface area (Å²) in [6.07, 6.45) is 1.06. The minimum absolute atomic E-state index is 0.298. The maximum Gasteiger partial charge on any atom is 0.321 e. The average molecular weight is 224 g/mol. The largest absolute Gasteiger partial charge is 0.430 e. The van der Waals surface area contributed by atoms with Crippen molar-refractivity contribution in [1.29, 1.82) is 0 Å². The topological polar surface area (TPSA) is 81.8 Å². The highest BCUT2D eigenvalue weighted by Crippen LogP contribution is 2.17. The zero-order valence-electron chi connectivity index (χ0n) is 7.62. The van der Waals surface area contributed by atoms with Crippen molar-refractivity contribution in [2.24, 2.45) is 10.7 Å². The summed E-state index contributed by atoms with van der Waals surface area (Å²) >= 11 is 0. The van der Waals surface area contributed by atoms with Gasteiger partial charge >= 0.3 is 5.23 Å². The molecule has 0 radical (unpaired) electrons. The molecular formula is C9H8N2O3S. The second-order valence-corrected chi connectivity index (χ2v) is 4.67. The molecule has 0 amide bonds. The summed E-state index contributed by atoms with van der Waals surface area (Å²) in [5, 5.41) is -0.681. The first-order chi connectivity index (χ1) is 7.10. The molecule has 0 fully saturated rings. The molecule has 1 aromatic carbocycles. The first-order valence-corrected chi connectivity index (χ1v) is 5.60. The second kappa shape index (κ2) is 3.39. The molecule has 0 saturated carbocycles. The molecule has 78 valence electrons. The predicted octanol–water partition coefficient (Wildman–Crippen LogP) is 0.607. The molecule has 0 aromatic heterocycles. The lowest BCUT2D eigenvalue weighted by molar-refractivity contribution is 0.549. The van der Waals surface area contributed by atoms with E-state index in [1.807, 2.05) is 0 Å². The lowest BCUT2D eigenvalue weighted by Gasteiger charge is -2.04. The molecule has 0 atom stereocenters. The summed E-state index contributed by atoms with van der Waals surface area (Å²) in [6.45, 7) is 0. The van der Waals surface area contributed by atoms with Crippen molar-refractivity contribution >= 4 is 15.1 Å². The normalized spacial score (nSPS) is 18.1. The summed E-state index contributed by atoms with van der Waals surface area (Å²) in [5.74, 6) is 0.405. The van der Waals surface area contributed by atoms with Gasteiger partial charge in [-0.2, -0.15) is 0 Å². The molecule has 0 unspecified atom stereocenters. The van der Waals surface area contributed by atoms with Gasteiger partial charge in [-0.05, 0) is 12.1 Å². The summed E-state index contributed by atoms with van der Waals surface area (Å²) in [7, 11) is -3.70. The molecule has 1 heterocycles. The van der Waals surface area contributed by atoms with Crippen LogP contribution in [-0.2, 0) is 9.84 Å². The van der Waals surface area contributed by atoms with Crippen molar-refractivity contribution < 1.29 is 13.2 Å². The van der Waals surface area contributed by atoms with Crippen LogP contribution < -0.4 is 10.5 Å². The lowest BCUT2D eigenvalue weighted by Crippen LogP contribution is -2.22. The van der Waals surface area contributed by atoms with E-state index in [1.54, 1.807) is 30.3 Å². The van der Waals surface area contributed by atoms with Gasteiger partial charge in [0.05, 0.1) is 6.20 Å². The van der Waals surface area contributed by atoms with Crippen LogP contribution in [-0.4, -0.2) is 13.6 Å². The van der Waals surface area contributed by atoms with Crippen molar-refractivity contribution in [2.75, 3.05) is 0 Å². The highest BCUT2D eigenvalue weighted by atomic mass is 32.2. The molecule has 6 heteroatoms. The van der Waals surface area contributed by atoms with Gasteiger partial charge in [0.25, 0.3) is 9.84 Å². The fourth-order valence-corrected chi connectivity index (χ4v) is 1.82. The number of hydrogen-bond donors (Lipinski definition) is 1. The minimum atomic E-state index is -3.70. The molecule has 1 aliphatic heterocycles. The molecule has 1 aromatic rings. The fraction of sp³-hybridized carbons (Fsp3) is 0. The van der Waals surface area contributed by atoms with Crippen LogP contribution in [0.1, 0.15) is 0 Å². The monoisotopic (exact) mass is 224 g/mol. The summed E-state index contributed by atoms with van der Waals surface area (Å²) in [6, 6.07) is 8.52.